The van der Waals surface area contributed by atoms with Gasteiger partial charge in [-0.2, -0.15) is 0 Å². The Morgan fingerprint density at radius 1 is 0.741 bits per heavy atom. The largest absolute Gasteiger partial charge is 0.485 e. The van der Waals surface area contributed by atoms with Crippen molar-refractivity contribution in [2.75, 3.05) is 12.3 Å². The molecule has 1 heterocycles. The fourth-order valence-electron chi connectivity index (χ4n) is 2.91. The van der Waals surface area contributed by atoms with Crippen molar-refractivity contribution < 1.29 is 9.47 Å². The summed E-state index contributed by atoms with van der Waals surface area (Å²) in [5.74, 6) is 2.54. The molecule has 3 aromatic carbocycles. The minimum atomic E-state index is 0.498. The third-order valence-corrected chi connectivity index (χ3v) is 5.27. The van der Waals surface area contributed by atoms with Crippen molar-refractivity contribution in [3.8, 4) is 11.5 Å². The summed E-state index contributed by atoms with van der Waals surface area (Å²) in [6, 6.07) is 26.4. The zero-order chi connectivity index (χ0) is 18.3. The molecule has 0 N–H and O–H groups in total. The first kappa shape index (κ1) is 17.7. The number of aliphatic imine (C=N–C) groups is 1. The number of nitrogens with zero attached hydrogens (tertiary/aromatic N) is 1. The minimum absolute atomic E-state index is 0.498. The van der Waals surface area contributed by atoms with Crippen molar-refractivity contribution >= 4 is 16.8 Å². The van der Waals surface area contributed by atoms with Gasteiger partial charge in [-0.1, -0.05) is 66.7 Å². The second-order valence-corrected chi connectivity index (χ2v) is 7.30. The molecule has 0 fully saturated rings. The van der Waals surface area contributed by atoms with Gasteiger partial charge in [-0.25, -0.2) is 0 Å². The average Bonchev–Trinajstić information content (AvgIpc) is 3.27. The van der Waals surface area contributed by atoms with E-state index < -0.39 is 0 Å². The lowest BCUT2D eigenvalue weighted by atomic mass is 10.2. The molecule has 4 heteroatoms. The summed E-state index contributed by atoms with van der Waals surface area (Å²) in [5.41, 5.74) is 3.27. The van der Waals surface area contributed by atoms with Crippen molar-refractivity contribution in [2.24, 2.45) is 4.99 Å². The first-order chi connectivity index (χ1) is 13.4. The van der Waals surface area contributed by atoms with E-state index >= 15 is 0 Å². The van der Waals surface area contributed by atoms with Gasteiger partial charge in [0.1, 0.15) is 18.3 Å². The summed E-state index contributed by atoms with van der Waals surface area (Å²) in [4.78, 5) is 4.63. The van der Waals surface area contributed by atoms with Crippen molar-refractivity contribution in [1.29, 1.82) is 0 Å². The molecule has 0 saturated heterocycles. The number of para-hydroxylation sites is 1. The summed E-state index contributed by atoms with van der Waals surface area (Å²) in [6.07, 6.45) is 0. The van der Waals surface area contributed by atoms with Gasteiger partial charge in [-0.15, -0.1) is 11.8 Å². The van der Waals surface area contributed by atoms with Gasteiger partial charge in [0.15, 0.2) is 11.5 Å². The molecule has 1 aliphatic heterocycles. The SMILES string of the molecule is c1ccc(COc2cccc(C3=NCCS3)c2OCc2ccccc2)cc1. The molecule has 4 rings (SSSR count). The maximum Gasteiger partial charge on any atom is 0.171 e. The van der Waals surface area contributed by atoms with Gasteiger partial charge in [0.2, 0.25) is 0 Å². The highest BCUT2D eigenvalue weighted by atomic mass is 32.2. The summed E-state index contributed by atoms with van der Waals surface area (Å²) in [7, 11) is 0. The molecule has 0 aliphatic carbocycles. The third kappa shape index (κ3) is 4.52. The van der Waals surface area contributed by atoms with Gasteiger partial charge >= 0.3 is 0 Å². The van der Waals surface area contributed by atoms with Crippen LogP contribution in [0.5, 0.6) is 11.5 Å². The number of hydrogen-bond acceptors (Lipinski definition) is 4. The van der Waals surface area contributed by atoms with E-state index in [0.717, 1.165) is 45.5 Å². The predicted octanol–water partition coefficient (Wildman–Crippen LogP) is 5.34. The molecule has 27 heavy (non-hydrogen) atoms. The number of rotatable bonds is 7. The molecule has 0 aromatic heterocycles. The van der Waals surface area contributed by atoms with Crippen LogP contribution in [0.1, 0.15) is 16.7 Å². The van der Waals surface area contributed by atoms with Crippen LogP contribution in [0, 0.1) is 0 Å². The molecule has 0 amide bonds. The Kier molecular flexibility index (Phi) is 5.75. The van der Waals surface area contributed by atoms with E-state index in [1.54, 1.807) is 11.8 Å². The average molecular weight is 375 g/mol. The van der Waals surface area contributed by atoms with E-state index in [4.69, 9.17) is 9.47 Å². The zero-order valence-corrected chi connectivity index (χ0v) is 15.8. The fourth-order valence-corrected chi connectivity index (χ4v) is 3.78. The molecular weight excluding hydrogens is 354 g/mol. The standard InChI is InChI=1S/C23H21NO2S/c1-3-8-18(9-4-1)16-25-21-13-7-12-20(23-24-14-15-27-23)22(21)26-17-19-10-5-2-6-11-19/h1-13H,14-17H2. The lowest BCUT2D eigenvalue weighted by molar-refractivity contribution is 0.255. The first-order valence-corrected chi connectivity index (χ1v) is 10.0. The van der Waals surface area contributed by atoms with Crippen LogP contribution in [0.2, 0.25) is 0 Å². The van der Waals surface area contributed by atoms with E-state index in [2.05, 4.69) is 35.3 Å². The summed E-state index contributed by atoms with van der Waals surface area (Å²) in [5, 5.41) is 1.03. The minimum Gasteiger partial charge on any atom is -0.485 e. The second kappa shape index (κ2) is 8.78. The molecule has 0 bridgehead atoms. The Balaban J connectivity index is 1.59. The molecule has 1 aliphatic rings. The number of thioether (sulfide) groups is 1. The van der Waals surface area contributed by atoms with Crippen LogP contribution >= 0.6 is 11.8 Å². The van der Waals surface area contributed by atoms with Crippen molar-refractivity contribution in [3.05, 3.63) is 95.6 Å². The van der Waals surface area contributed by atoms with Gasteiger partial charge in [0.05, 0.1) is 5.56 Å². The van der Waals surface area contributed by atoms with E-state index in [1.165, 1.54) is 0 Å². The molecule has 0 saturated carbocycles. The summed E-state index contributed by atoms with van der Waals surface area (Å²) in [6.45, 7) is 1.86. The number of benzene rings is 3. The van der Waals surface area contributed by atoms with Crippen molar-refractivity contribution in [2.45, 2.75) is 13.2 Å². The molecule has 0 spiro atoms. The summed E-state index contributed by atoms with van der Waals surface area (Å²) >= 11 is 1.77. The van der Waals surface area contributed by atoms with E-state index in [-0.39, 0.29) is 0 Å². The molecule has 136 valence electrons. The monoisotopic (exact) mass is 375 g/mol. The van der Waals surface area contributed by atoms with Crippen LogP contribution < -0.4 is 9.47 Å². The fraction of sp³-hybridized carbons (Fsp3) is 0.174. The highest BCUT2D eigenvalue weighted by Gasteiger charge is 2.19. The quantitative estimate of drug-likeness (QED) is 0.559. The molecule has 3 nitrogen and oxygen atoms in total. The van der Waals surface area contributed by atoms with E-state index in [0.29, 0.717) is 13.2 Å². The number of ether oxygens (including phenoxy) is 2. The van der Waals surface area contributed by atoms with Gasteiger partial charge < -0.3 is 9.47 Å². The highest BCUT2D eigenvalue weighted by Crippen LogP contribution is 2.36. The Bertz CT molecular complexity index is 910. The lowest BCUT2D eigenvalue weighted by Gasteiger charge is -2.16. The Labute approximate surface area is 164 Å². The highest BCUT2D eigenvalue weighted by molar-refractivity contribution is 8.14. The normalized spacial score (nSPS) is 13.3. The third-order valence-electron chi connectivity index (χ3n) is 4.26. The number of hydrogen-bond donors (Lipinski definition) is 0. The van der Waals surface area contributed by atoms with Crippen LogP contribution in [0.4, 0.5) is 0 Å². The smallest absolute Gasteiger partial charge is 0.171 e. The maximum atomic E-state index is 6.24. The van der Waals surface area contributed by atoms with Gasteiger partial charge in [0, 0.05) is 12.3 Å². The van der Waals surface area contributed by atoms with E-state index in [1.807, 2.05) is 48.5 Å². The first-order valence-electron chi connectivity index (χ1n) is 9.04. The van der Waals surface area contributed by atoms with Gasteiger partial charge in [0.25, 0.3) is 0 Å². The van der Waals surface area contributed by atoms with Crippen LogP contribution in [0.3, 0.4) is 0 Å². The van der Waals surface area contributed by atoms with Crippen molar-refractivity contribution in [3.63, 3.8) is 0 Å². The Morgan fingerprint density at radius 3 is 2.04 bits per heavy atom. The van der Waals surface area contributed by atoms with Crippen LogP contribution in [0.25, 0.3) is 0 Å². The van der Waals surface area contributed by atoms with Gasteiger partial charge in [-0.05, 0) is 23.3 Å². The molecule has 3 aromatic rings. The van der Waals surface area contributed by atoms with Crippen molar-refractivity contribution in [1.82, 2.24) is 0 Å². The van der Waals surface area contributed by atoms with Crippen LogP contribution in [-0.4, -0.2) is 17.3 Å². The molecule has 0 unspecified atom stereocenters. The second-order valence-electron chi connectivity index (χ2n) is 6.22. The van der Waals surface area contributed by atoms with Crippen LogP contribution in [-0.2, 0) is 13.2 Å². The topological polar surface area (TPSA) is 30.8 Å². The molecule has 0 radical (unpaired) electrons. The maximum absolute atomic E-state index is 6.24. The Hall–Kier alpha value is -2.72. The molecular formula is C23H21NO2S. The predicted molar refractivity (Wildman–Crippen MR) is 112 cm³/mol. The van der Waals surface area contributed by atoms with Gasteiger partial charge in [-0.3, -0.25) is 4.99 Å². The lowest BCUT2D eigenvalue weighted by Crippen LogP contribution is -2.05. The van der Waals surface area contributed by atoms with Crippen LogP contribution in [0.15, 0.2) is 83.9 Å². The summed E-state index contributed by atoms with van der Waals surface area (Å²) < 4.78 is 12.4. The van der Waals surface area contributed by atoms with E-state index in [9.17, 15) is 0 Å². The molecule has 0 atom stereocenters. The Morgan fingerprint density at radius 2 is 1.41 bits per heavy atom. The zero-order valence-electron chi connectivity index (χ0n) is 15.0.